The van der Waals surface area contributed by atoms with Crippen molar-refractivity contribution in [1.82, 2.24) is 9.21 Å². The zero-order valence-corrected chi connectivity index (χ0v) is 17.0. The SMILES string of the molecule is O=C(c1ccc([N+](=O)[O-])cc1)N1CCC2(CC1)OCCN2S(=O)(=O)c1ccccc1. The molecule has 2 fully saturated rings. The van der Waals surface area contributed by atoms with Gasteiger partial charge in [0.15, 0.2) is 0 Å². The van der Waals surface area contributed by atoms with Gasteiger partial charge < -0.3 is 9.64 Å². The third-order valence-electron chi connectivity index (χ3n) is 5.61. The summed E-state index contributed by atoms with van der Waals surface area (Å²) in [7, 11) is -3.71. The van der Waals surface area contributed by atoms with Crippen LogP contribution in [0.5, 0.6) is 0 Å². The van der Waals surface area contributed by atoms with E-state index in [-0.39, 0.29) is 23.0 Å². The lowest BCUT2D eigenvalue weighted by Crippen LogP contribution is -2.55. The molecule has 158 valence electrons. The first-order valence-electron chi connectivity index (χ1n) is 9.59. The molecule has 30 heavy (non-hydrogen) atoms. The maximum atomic E-state index is 13.1. The number of sulfonamides is 1. The number of nitro groups is 1. The lowest BCUT2D eigenvalue weighted by Gasteiger charge is -2.42. The minimum absolute atomic E-state index is 0.0785. The summed E-state index contributed by atoms with van der Waals surface area (Å²) in [5.74, 6) is -0.241. The van der Waals surface area contributed by atoms with E-state index in [1.54, 1.807) is 35.2 Å². The van der Waals surface area contributed by atoms with Crippen LogP contribution in [0.4, 0.5) is 5.69 Å². The Kier molecular flexibility index (Phi) is 5.31. The van der Waals surface area contributed by atoms with Gasteiger partial charge in [-0.25, -0.2) is 8.42 Å². The number of rotatable bonds is 4. The van der Waals surface area contributed by atoms with Crippen molar-refractivity contribution in [1.29, 1.82) is 0 Å². The molecule has 0 aliphatic carbocycles. The Hall–Kier alpha value is -2.82. The molecule has 2 saturated heterocycles. The van der Waals surface area contributed by atoms with Crippen molar-refractivity contribution in [3.63, 3.8) is 0 Å². The van der Waals surface area contributed by atoms with E-state index in [1.807, 2.05) is 0 Å². The van der Waals surface area contributed by atoms with Gasteiger partial charge in [0.1, 0.15) is 5.72 Å². The number of amides is 1. The van der Waals surface area contributed by atoms with Crippen LogP contribution in [0, 0.1) is 10.1 Å². The summed E-state index contributed by atoms with van der Waals surface area (Å²) in [5, 5.41) is 10.8. The zero-order chi connectivity index (χ0) is 21.4. The van der Waals surface area contributed by atoms with E-state index in [0.717, 1.165) is 0 Å². The predicted octanol–water partition coefficient (Wildman–Crippen LogP) is 2.25. The summed E-state index contributed by atoms with van der Waals surface area (Å²) >= 11 is 0. The molecular weight excluding hydrogens is 410 g/mol. The van der Waals surface area contributed by atoms with Crippen molar-refractivity contribution in [2.75, 3.05) is 26.2 Å². The molecule has 10 heteroatoms. The van der Waals surface area contributed by atoms with E-state index in [0.29, 0.717) is 38.1 Å². The average Bonchev–Trinajstić information content (AvgIpc) is 3.18. The molecule has 2 aromatic carbocycles. The molecule has 2 aliphatic rings. The molecule has 4 rings (SSSR count). The standard InChI is InChI=1S/C20H21N3O6S/c24-19(16-6-8-17(9-7-16)23(25)26)21-12-10-20(11-13-21)22(14-15-29-20)30(27,28)18-4-2-1-3-5-18/h1-9H,10-15H2. The number of hydrogen-bond donors (Lipinski definition) is 0. The molecule has 1 amide bonds. The fourth-order valence-corrected chi connectivity index (χ4v) is 5.76. The summed E-state index contributed by atoms with van der Waals surface area (Å²) in [6.45, 7) is 1.24. The Morgan fingerprint density at radius 2 is 1.63 bits per heavy atom. The number of benzene rings is 2. The summed E-state index contributed by atoms with van der Waals surface area (Å²) in [4.78, 5) is 24.9. The van der Waals surface area contributed by atoms with Gasteiger partial charge in [-0.05, 0) is 24.3 Å². The molecule has 2 aliphatic heterocycles. The van der Waals surface area contributed by atoms with Crippen molar-refractivity contribution in [3.8, 4) is 0 Å². The quantitative estimate of drug-likeness (QED) is 0.542. The Morgan fingerprint density at radius 3 is 2.23 bits per heavy atom. The van der Waals surface area contributed by atoms with Gasteiger partial charge in [-0.3, -0.25) is 14.9 Å². The van der Waals surface area contributed by atoms with Gasteiger partial charge in [-0.1, -0.05) is 18.2 Å². The molecule has 0 aromatic heterocycles. The average molecular weight is 431 g/mol. The van der Waals surface area contributed by atoms with E-state index in [1.165, 1.54) is 28.6 Å². The number of hydrogen-bond acceptors (Lipinski definition) is 6. The lowest BCUT2D eigenvalue weighted by atomic mass is 10.00. The second-order valence-corrected chi connectivity index (χ2v) is 9.14. The van der Waals surface area contributed by atoms with Gasteiger partial charge in [0.2, 0.25) is 10.0 Å². The van der Waals surface area contributed by atoms with Gasteiger partial charge in [0, 0.05) is 50.2 Å². The zero-order valence-electron chi connectivity index (χ0n) is 16.1. The molecule has 0 N–H and O–H groups in total. The monoisotopic (exact) mass is 431 g/mol. The highest BCUT2D eigenvalue weighted by molar-refractivity contribution is 7.89. The van der Waals surface area contributed by atoms with Crippen molar-refractivity contribution < 1.29 is 22.9 Å². The number of carbonyl (C=O) groups excluding carboxylic acids is 1. The summed E-state index contributed by atoms with van der Waals surface area (Å²) < 4.78 is 33.6. The van der Waals surface area contributed by atoms with Crippen LogP contribution in [0.15, 0.2) is 59.5 Å². The summed E-state index contributed by atoms with van der Waals surface area (Å²) in [6, 6.07) is 13.7. The highest BCUT2D eigenvalue weighted by Gasteiger charge is 2.50. The fraction of sp³-hybridized carbons (Fsp3) is 0.350. The van der Waals surface area contributed by atoms with E-state index in [9.17, 15) is 23.3 Å². The maximum absolute atomic E-state index is 13.1. The van der Waals surface area contributed by atoms with Crippen LogP contribution in [0.1, 0.15) is 23.2 Å². The molecular formula is C20H21N3O6S. The molecule has 2 aromatic rings. The van der Waals surface area contributed by atoms with E-state index >= 15 is 0 Å². The molecule has 9 nitrogen and oxygen atoms in total. The molecule has 0 unspecified atom stereocenters. The highest BCUT2D eigenvalue weighted by atomic mass is 32.2. The van der Waals surface area contributed by atoms with Crippen LogP contribution in [0.2, 0.25) is 0 Å². The van der Waals surface area contributed by atoms with Crippen LogP contribution in [0.3, 0.4) is 0 Å². The Bertz CT molecular complexity index is 1050. The minimum Gasteiger partial charge on any atom is -0.358 e. The van der Waals surface area contributed by atoms with Crippen molar-refractivity contribution in [2.45, 2.75) is 23.5 Å². The van der Waals surface area contributed by atoms with E-state index < -0.39 is 20.7 Å². The van der Waals surface area contributed by atoms with Crippen LogP contribution < -0.4 is 0 Å². The number of nitro benzene ring substituents is 1. The van der Waals surface area contributed by atoms with Crippen molar-refractivity contribution in [3.05, 3.63) is 70.3 Å². The summed E-state index contributed by atoms with van der Waals surface area (Å²) in [5.41, 5.74) is -0.677. The van der Waals surface area contributed by atoms with Crippen LogP contribution >= 0.6 is 0 Å². The van der Waals surface area contributed by atoms with Crippen LogP contribution in [-0.4, -0.2) is 60.4 Å². The Morgan fingerprint density at radius 1 is 1.00 bits per heavy atom. The first-order chi connectivity index (χ1) is 14.3. The van der Waals surface area contributed by atoms with Crippen molar-refractivity contribution in [2.24, 2.45) is 0 Å². The molecule has 0 saturated carbocycles. The normalized spacial score (nSPS) is 19.1. The van der Waals surface area contributed by atoms with Crippen LogP contribution in [-0.2, 0) is 14.8 Å². The lowest BCUT2D eigenvalue weighted by molar-refractivity contribution is -0.384. The first kappa shape index (κ1) is 20.5. The number of nitrogens with zero attached hydrogens (tertiary/aromatic N) is 3. The number of piperidine rings is 1. The third kappa shape index (κ3) is 3.57. The molecule has 0 radical (unpaired) electrons. The predicted molar refractivity (Wildman–Crippen MR) is 107 cm³/mol. The van der Waals surface area contributed by atoms with Crippen LogP contribution in [0.25, 0.3) is 0 Å². The maximum Gasteiger partial charge on any atom is 0.269 e. The Labute approximate surface area is 174 Å². The van der Waals surface area contributed by atoms with Gasteiger partial charge in [-0.15, -0.1) is 0 Å². The van der Waals surface area contributed by atoms with Gasteiger partial charge >= 0.3 is 0 Å². The molecule has 0 bridgehead atoms. The largest absolute Gasteiger partial charge is 0.358 e. The van der Waals surface area contributed by atoms with Gasteiger partial charge in [0.05, 0.1) is 16.4 Å². The van der Waals surface area contributed by atoms with Gasteiger partial charge in [-0.2, -0.15) is 4.31 Å². The second kappa shape index (κ2) is 7.78. The fourth-order valence-electron chi connectivity index (χ4n) is 4.01. The molecule has 2 heterocycles. The first-order valence-corrected chi connectivity index (χ1v) is 11.0. The summed E-state index contributed by atoms with van der Waals surface area (Å²) in [6.07, 6.45) is 0.718. The Balaban J connectivity index is 1.49. The smallest absolute Gasteiger partial charge is 0.269 e. The second-order valence-electron chi connectivity index (χ2n) is 7.28. The number of ether oxygens (including phenoxy) is 1. The molecule has 1 spiro atoms. The van der Waals surface area contributed by atoms with E-state index in [4.69, 9.17) is 4.74 Å². The van der Waals surface area contributed by atoms with E-state index in [2.05, 4.69) is 0 Å². The minimum atomic E-state index is -3.71. The molecule has 0 atom stereocenters. The van der Waals surface area contributed by atoms with Crippen molar-refractivity contribution >= 4 is 21.6 Å². The number of carbonyl (C=O) groups is 1. The van der Waals surface area contributed by atoms with Gasteiger partial charge in [0.25, 0.3) is 11.6 Å². The highest BCUT2D eigenvalue weighted by Crippen LogP contribution is 2.38. The number of non-ortho nitro benzene ring substituents is 1. The third-order valence-corrected chi connectivity index (χ3v) is 7.57. The number of likely N-dealkylation sites (tertiary alicyclic amines) is 1. The topological polar surface area (TPSA) is 110 Å².